The van der Waals surface area contributed by atoms with Gasteiger partial charge in [0, 0.05) is 5.02 Å². The summed E-state index contributed by atoms with van der Waals surface area (Å²) in [7, 11) is 0. The van der Waals surface area contributed by atoms with Crippen LogP contribution >= 0.6 is 11.6 Å². The molecule has 1 aromatic carbocycles. The highest BCUT2D eigenvalue weighted by atomic mass is 35.5. The Bertz CT molecular complexity index is 839. The summed E-state index contributed by atoms with van der Waals surface area (Å²) in [4.78, 5) is 16.5. The van der Waals surface area contributed by atoms with Crippen molar-refractivity contribution in [2.75, 3.05) is 5.32 Å². The van der Waals surface area contributed by atoms with Crippen molar-refractivity contribution in [1.82, 2.24) is 14.6 Å². The fourth-order valence-corrected chi connectivity index (χ4v) is 2.44. The maximum atomic E-state index is 12.1. The van der Waals surface area contributed by atoms with Crippen molar-refractivity contribution in [1.29, 1.82) is 0 Å². The van der Waals surface area contributed by atoms with Crippen molar-refractivity contribution in [3.63, 3.8) is 0 Å². The molecule has 0 bridgehead atoms. The van der Waals surface area contributed by atoms with E-state index in [0.29, 0.717) is 23.0 Å². The van der Waals surface area contributed by atoms with Crippen LogP contribution in [0.15, 0.2) is 36.5 Å². The second-order valence-corrected chi connectivity index (χ2v) is 5.63. The molecule has 5 nitrogen and oxygen atoms in total. The standard InChI is InChI=1S/C16H15ClN4O/c1-10-7-14(9-21-16(10)18-11(2)20-21)19-15(22)8-12-3-5-13(17)6-4-12/h3-7,9H,8H2,1-2H3,(H,19,22). The molecule has 0 aliphatic rings. The van der Waals surface area contributed by atoms with Crippen molar-refractivity contribution in [2.45, 2.75) is 20.3 Å². The molecule has 0 aliphatic carbocycles. The number of amides is 1. The number of fused-ring (bicyclic) bond motifs is 1. The Morgan fingerprint density at radius 3 is 2.73 bits per heavy atom. The van der Waals surface area contributed by atoms with E-state index in [1.165, 1.54) is 0 Å². The second-order valence-electron chi connectivity index (χ2n) is 5.19. The third-order valence-corrected chi connectivity index (χ3v) is 3.54. The molecule has 1 amide bonds. The first-order chi connectivity index (χ1) is 10.5. The lowest BCUT2D eigenvalue weighted by Crippen LogP contribution is -2.15. The molecule has 22 heavy (non-hydrogen) atoms. The Morgan fingerprint density at radius 1 is 1.27 bits per heavy atom. The topological polar surface area (TPSA) is 59.3 Å². The Labute approximate surface area is 132 Å². The van der Waals surface area contributed by atoms with E-state index in [2.05, 4.69) is 15.4 Å². The van der Waals surface area contributed by atoms with Gasteiger partial charge in [-0.1, -0.05) is 23.7 Å². The van der Waals surface area contributed by atoms with Crippen LogP contribution in [0, 0.1) is 13.8 Å². The number of aryl methyl sites for hydroxylation is 2. The molecular weight excluding hydrogens is 300 g/mol. The van der Waals surface area contributed by atoms with Crippen LogP contribution in [-0.2, 0) is 11.2 Å². The highest BCUT2D eigenvalue weighted by molar-refractivity contribution is 6.30. The lowest BCUT2D eigenvalue weighted by Gasteiger charge is -2.07. The number of anilines is 1. The zero-order valence-corrected chi connectivity index (χ0v) is 13.1. The zero-order chi connectivity index (χ0) is 15.7. The molecule has 0 aliphatic heterocycles. The van der Waals surface area contributed by atoms with E-state index < -0.39 is 0 Å². The molecule has 1 N–H and O–H groups in total. The first kappa shape index (κ1) is 14.5. The third-order valence-electron chi connectivity index (χ3n) is 3.28. The predicted molar refractivity (Wildman–Crippen MR) is 86.2 cm³/mol. The number of nitrogens with one attached hydrogen (secondary N) is 1. The lowest BCUT2D eigenvalue weighted by atomic mass is 10.1. The molecule has 3 aromatic rings. The predicted octanol–water partition coefficient (Wildman–Crippen LogP) is 3.18. The fraction of sp³-hybridized carbons (Fsp3) is 0.188. The summed E-state index contributed by atoms with van der Waals surface area (Å²) in [6.45, 7) is 3.78. The summed E-state index contributed by atoms with van der Waals surface area (Å²) in [6, 6.07) is 9.13. The van der Waals surface area contributed by atoms with Gasteiger partial charge in [-0.15, -0.1) is 0 Å². The average Bonchev–Trinajstić information content (AvgIpc) is 2.82. The Balaban J connectivity index is 1.77. The quantitative estimate of drug-likeness (QED) is 0.807. The van der Waals surface area contributed by atoms with Gasteiger partial charge in [-0.2, -0.15) is 5.10 Å². The van der Waals surface area contributed by atoms with E-state index in [-0.39, 0.29) is 5.91 Å². The number of hydrogen-bond acceptors (Lipinski definition) is 3. The molecule has 0 saturated carbocycles. The van der Waals surface area contributed by atoms with Crippen LogP contribution in [-0.4, -0.2) is 20.5 Å². The summed E-state index contributed by atoms with van der Waals surface area (Å²) in [5.41, 5.74) is 3.38. The van der Waals surface area contributed by atoms with Gasteiger partial charge >= 0.3 is 0 Å². The number of aromatic nitrogens is 3. The maximum Gasteiger partial charge on any atom is 0.228 e. The second kappa shape index (κ2) is 5.77. The van der Waals surface area contributed by atoms with Crippen LogP contribution in [0.4, 0.5) is 5.69 Å². The SMILES string of the molecule is Cc1nc2c(C)cc(NC(=O)Cc3ccc(Cl)cc3)cn2n1. The summed E-state index contributed by atoms with van der Waals surface area (Å²) in [5.74, 6) is 0.616. The highest BCUT2D eigenvalue weighted by Crippen LogP contribution is 2.16. The zero-order valence-electron chi connectivity index (χ0n) is 12.3. The molecule has 3 rings (SSSR count). The van der Waals surface area contributed by atoms with Gasteiger partial charge in [-0.25, -0.2) is 9.50 Å². The molecule has 112 valence electrons. The molecule has 6 heteroatoms. The molecule has 2 heterocycles. The van der Waals surface area contributed by atoms with Crippen molar-refractivity contribution < 1.29 is 4.79 Å². The van der Waals surface area contributed by atoms with E-state index in [1.54, 1.807) is 22.8 Å². The molecule has 0 unspecified atom stereocenters. The van der Waals surface area contributed by atoms with Gasteiger partial charge < -0.3 is 5.32 Å². The van der Waals surface area contributed by atoms with Gasteiger partial charge in [0.15, 0.2) is 5.65 Å². The third kappa shape index (κ3) is 3.09. The van der Waals surface area contributed by atoms with Crippen molar-refractivity contribution in [2.24, 2.45) is 0 Å². The molecule has 0 fully saturated rings. The number of nitrogens with zero attached hydrogens (tertiary/aromatic N) is 3. The van der Waals surface area contributed by atoms with Gasteiger partial charge in [0.25, 0.3) is 0 Å². The Hall–Kier alpha value is -2.40. The number of rotatable bonds is 3. The van der Waals surface area contributed by atoms with E-state index in [4.69, 9.17) is 11.6 Å². The van der Waals surface area contributed by atoms with Gasteiger partial charge in [0.2, 0.25) is 5.91 Å². The monoisotopic (exact) mass is 314 g/mol. The van der Waals surface area contributed by atoms with E-state index in [1.807, 2.05) is 32.0 Å². The molecule has 0 atom stereocenters. The summed E-state index contributed by atoms with van der Waals surface area (Å²) in [5, 5.41) is 7.82. The van der Waals surface area contributed by atoms with Gasteiger partial charge in [0.05, 0.1) is 18.3 Å². The highest BCUT2D eigenvalue weighted by Gasteiger charge is 2.08. The van der Waals surface area contributed by atoms with Gasteiger partial charge in [-0.05, 0) is 43.2 Å². The van der Waals surface area contributed by atoms with Gasteiger partial charge in [0.1, 0.15) is 5.82 Å². The summed E-state index contributed by atoms with van der Waals surface area (Å²) < 4.78 is 1.68. The minimum Gasteiger partial charge on any atom is -0.324 e. The normalized spacial score (nSPS) is 10.9. The average molecular weight is 315 g/mol. The molecular formula is C16H15ClN4O. The van der Waals surface area contributed by atoms with Crippen LogP contribution in [0.3, 0.4) is 0 Å². The minimum absolute atomic E-state index is 0.0853. The lowest BCUT2D eigenvalue weighted by molar-refractivity contribution is -0.115. The number of carbonyl (C=O) groups is 1. The Morgan fingerprint density at radius 2 is 2.00 bits per heavy atom. The first-order valence-corrected chi connectivity index (χ1v) is 7.27. The number of hydrogen-bond donors (Lipinski definition) is 1. The van der Waals surface area contributed by atoms with Gasteiger partial charge in [-0.3, -0.25) is 4.79 Å². The molecule has 0 saturated heterocycles. The van der Waals surface area contributed by atoms with Crippen LogP contribution < -0.4 is 5.32 Å². The summed E-state index contributed by atoms with van der Waals surface area (Å²) >= 11 is 5.84. The van der Waals surface area contributed by atoms with Crippen LogP contribution in [0.1, 0.15) is 17.0 Å². The molecule has 2 aromatic heterocycles. The van der Waals surface area contributed by atoms with Crippen molar-refractivity contribution in [3.8, 4) is 0 Å². The van der Waals surface area contributed by atoms with E-state index in [0.717, 1.165) is 16.8 Å². The smallest absolute Gasteiger partial charge is 0.228 e. The first-order valence-electron chi connectivity index (χ1n) is 6.89. The fourth-order valence-electron chi connectivity index (χ4n) is 2.32. The largest absolute Gasteiger partial charge is 0.324 e. The Kier molecular flexibility index (Phi) is 3.81. The molecule has 0 spiro atoms. The van der Waals surface area contributed by atoms with Crippen molar-refractivity contribution >= 4 is 28.8 Å². The number of pyridine rings is 1. The number of halogens is 1. The molecule has 0 radical (unpaired) electrons. The number of carbonyl (C=O) groups excluding carboxylic acids is 1. The van der Waals surface area contributed by atoms with Crippen molar-refractivity contribution in [3.05, 3.63) is 58.5 Å². The van der Waals surface area contributed by atoms with Crippen LogP contribution in [0.2, 0.25) is 5.02 Å². The van der Waals surface area contributed by atoms with E-state index >= 15 is 0 Å². The minimum atomic E-state index is -0.0853. The maximum absolute atomic E-state index is 12.1. The van der Waals surface area contributed by atoms with E-state index in [9.17, 15) is 4.79 Å². The van der Waals surface area contributed by atoms with Crippen LogP contribution in [0.5, 0.6) is 0 Å². The van der Waals surface area contributed by atoms with Crippen LogP contribution in [0.25, 0.3) is 5.65 Å². The summed E-state index contributed by atoms with van der Waals surface area (Å²) in [6.07, 6.45) is 2.06. The number of benzene rings is 1.